The highest BCUT2D eigenvalue weighted by Gasteiger charge is 2.28. The lowest BCUT2D eigenvalue weighted by molar-refractivity contribution is -0.0238. The highest BCUT2D eigenvalue weighted by molar-refractivity contribution is 5.93. The molecule has 126 valence electrons. The van der Waals surface area contributed by atoms with Crippen LogP contribution in [0.25, 0.3) is 0 Å². The summed E-state index contributed by atoms with van der Waals surface area (Å²) in [6.45, 7) is 3.39. The number of morpholine rings is 1. The highest BCUT2D eigenvalue weighted by atomic mass is 16.5. The Bertz CT molecular complexity index is 734. The number of carboxylic acid groups (broad SMARTS) is 1. The molecule has 2 aromatic rings. The Kier molecular flexibility index (Phi) is 4.66. The average Bonchev–Trinajstić information content (AvgIpc) is 3.12. The second-order valence-corrected chi connectivity index (χ2v) is 5.67. The van der Waals surface area contributed by atoms with E-state index in [1.807, 2.05) is 12.1 Å². The summed E-state index contributed by atoms with van der Waals surface area (Å²) in [4.78, 5) is 25.0. The molecule has 1 aromatic heterocycles. The maximum absolute atomic E-state index is 12.5. The lowest BCUT2D eigenvalue weighted by Crippen LogP contribution is -2.42. The lowest BCUT2D eigenvalue weighted by atomic mass is 10.0. The van der Waals surface area contributed by atoms with Crippen molar-refractivity contribution in [2.24, 2.45) is 0 Å². The van der Waals surface area contributed by atoms with Crippen molar-refractivity contribution in [3.05, 3.63) is 59.0 Å². The SMILES string of the molecule is CCc1ccc(C2CN(C(=O)c3ccc(C(=O)O)o3)CCO2)cc1. The summed E-state index contributed by atoms with van der Waals surface area (Å²) in [5, 5.41) is 8.89. The molecule has 1 aliphatic rings. The summed E-state index contributed by atoms with van der Waals surface area (Å²) in [6, 6.07) is 10.8. The minimum atomic E-state index is -1.19. The van der Waals surface area contributed by atoms with E-state index in [1.54, 1.807) is 4.90 Å². The van der Waals surface area contributed by atoms with E-state index in [2.05, 4.69) is 19.1 Å². The number of nitrogens with zero attached hydrogens (tertiary/aromatic N) is 1. The molecule has 1 amide bonds. The minimum absolute atomic E-state index is 0.0365. The largest absolute Gasteiger partial charge is 0.475 e. The maximum Gasteiger partial charge on any atom is 0.371 e. The smallest absolute Gasteiger partial charge is 0.371 e. The molecule has 1 unspecified atom stereocenters. The van der Waals surface area contributed by atoms with Crippen LogP contribution in [0.5, 0.6) is 0 Å². The number of carboxylic acids is 1. The van der Waals surface area contributed by atoms with Gasteiger partial charge in [0.05, 0.1) is 13.2 Å². The van der Waals surface area contributed by atoms with Gasteiger partial charge in [-0.1, -0.05) is 31.2 Å². The van der Waals surface area contributed by atoms with Gasteiger partial charge in [0.2, 0.25) is 5.76 Å². The average molecular weight is 329 g/mol. The van der Waals surface area contributed by atoms with E-state index in [1.165, 1.54) is 17.7 Å². The van der Waals surface area contributed by atoms with E-state index in [0.717, 1.165) is 12.0 Å². The third kappa shape index (κ3) is 3.33. The van der Waals surface area contributed by atoms with Gasteiger partial charge in [0.15, 0.2) is 5.76 Å². The van der Waals surface area contributed by atoms with Gasteiger partial charge in [-0.05, 0) is 29.7 Å². The fourth-order valence-corrected chi connectivity index (χ4v) is 2.73. The van der Waals surface area contributed by atoms with Crippen molar-refractivity contribution in [3.8, 4) is 0 Å². The molecule has 3 rings (SSSR count). The van der Waals surface area contributed by atoms with Crippen LogP contribution in [0.2, 0.25) is 0 Å². The molecule has 24 heavy (non-hydrogen) atoms. The van der Waals surface area contributed by atoms with Crippen molar-refractivity contribution in [3.63, 3.8) is 0 Å². The molecule has 0 saturated carbocycles. The maximum atomic E-state index is 12.5. The molecule has 1 aromatic carbocycles. The second-order valence-electron chi connectivity index (χ2n) is 5.67. The molecule has 1 saturated heterocycles. The summed E-state index contributed by atoms with van der Waals surface area (Å²) in [6.07, 6.45) is 0.781. The van der Waals surface area contributed by atoms with Crippen molar-refractivity contribution in [2.75, 3.05) is 19.7 Å². The Morgan fingerprint density at radius 1 is 1.17 bits per heavy atom. The van der Waals surface area contributed by atoms with Gasteiger partial charge < -0.3 is 19.2 Å². The van der Waals surface area contributed by atoms with Crippen LogP contribution in [0, 0.1) is 0 Å². The van der Waals surface area contributed by atoms with Crippen LogP contribution < -0.4 is 0 Å². The molecule has 1 aliphatic heterocycles. The molecular formula is C18H19NO5. The summed E-state index contributed by atoms with van der Waals surface area (Å²) >= 11 is 0. The van der Waals surface area contributed by atoms with Crippen LogP contribution in [0.15, 0.2) is 40.8 Å². The summed E-state index contributed by atoms with van der Waals surface area (Å²) in [5.41, 5.74) is 2.27. The molecule has 6 nitrogen and oxygen atoms in total. The Hall–Kier alpha value is -2.60. The molecule has 0 aliphatic carbocycles. The molecule has 0 spiro atoms. The van der Waals surface area contributed by atoms with Crippen LogP contribution in [0.4, 0.5) is 0 Å². The van der Waals surface area contributed by atoms with Gasteiger partial charge in [-0.25, -0.2) is 4.79 Å². The molecule has 0 radical (unpaired) electrons. The van der Waals surface area contributed by atoms with E-state index in [-0.39, 0.29) is 23.5 Å². The zero-order valence-corrected chi connectivity index (χ0v) is 13.4. The quantitative estimate of drug-likeness (QED) is 0.933. The van der Waals surface area contributed by atoms with Crippen molar-refractivity contribution in [2.45, 2.75) is 19.4 Å². The number of carbonyl (C=O) groups excluding carboxylic acids is 1. The van der Waals surface area contributed by atoms with Gasteiger partial charge >= 0.3 is 5.97 Å². The Morgan fingerprint density at radius 2 is 1.88 bits per heavy atom. The molecule has 0 bridgehead atoms. The number of carbonyl (C=O) groups is 2. The number of amides is 1. The van der Waals surface area contributed by atoms with E-state index >= 15 is 0 Å². The van der Waals surface area contributed by atoms with Crippen LogP contribution in [-0.4, -0.2) is 41.6 Å². The van der Waals surface area contributed by atoms with Crippen LogP contribution >= 0.6 is 0 Å². The van der Waals surface area contributed by atoms with E-state index in [0.29, 0.717) is 19.7 Å². The molecule has 1 atom stereocenters. The van der Waals surface area contributed by atoms with Gasteiger partial charge in [0.25, 0.3) is 5.91 Å². The first-order valence-electron chi connectivity index (χ1n) is 7.91. The van der Waals surface area contributed by atoms with Crippen LogP contribution in [0.1, 0.15) is 45.3 Å². The third-order valence-electron chi connectivity index (χ3n) is 4.14. The fourth-order valence-electron chi connectivity index (χ4n) is 2.73. The second kappa shape index (κ2) is 6.88. The van der Waals surface area contributed by atoms with Gasteiger partial charge in [-0.15, -0.1) is 0 Å². The Morgan fingerprint density at radius 3 is 2.50 bits per heavy atom. The van der Waals surface area contributed by atoms with Crippen molar-refractivity contribution >= 4 is 11.9 Å². The highest BCUT2D eigenvalue weighted by Crippen LogP contribution is 2.24. The summed E-state index contributed by atoms with van der Waals surface area (Å²) in [7, 11) is 0. The number of hydrogen-bond donors (Lipinski definition) is 1. The standard InChI is InChI=1S/C18H19NO5/c1-2-12-3-5-13(6-4-12)16-11-19(9-10-23-16)17(20)14-7-8-15(24-14)18(21)22/h3-8,16H,2,9-11H2,1H3,(H,21,22). The first-order valence-corrected chi connectivity index (χ1v) is 7.91. The number of ether oxygens (including phenoxy) is 1. The zero-order chi connectivity index (χ0) is 17.1. The number of aromatic carboxylic acids is 1. The molecule has 2 heterocycles. The van der Waals surface area contributed by atoms with Crippen LogP contribution in [0.3, 0.4) is 0 Å². The lowest BCUT2D eigenvalue weighted by Gasteiger charge is -2.32. The summed E-state index contributed by atoms with van der Waals surface area (Å²) < 4.78 is 10.9. The number of aryl methyl sites for hydroxylation is 1. The number of benzene rings is 1. The normalized spacial score (nSPS) is 17.7. The Balaban J connectivity index is 1.71. The number of rotatable bonds is 4. The van der Waals surface area contributed by atoms with Gasteiger partial charge in [-0.2, -0.15) is 0 Å². The molecule has 6 heteroatoms. The fraction of sp³-hybridized carbons (Fsp3) is 0.333. The predicted octanol–water partition coefficient (Wildman–Crippen LogP) is 2.75. The zero-order valence-electron chi connectivity index (χ0n) is 13.4. The van der Waals surface area contributed by atoms with Gasteiger partial charge in [0, 0.05) is 6.54 Å². The Labute approximate surface area is 139 Å². The molecule has 1 N–H and O–H groups in total. The van der Waals surface area contributed by atoms with E-state index < -0.39 is 5.97 Å². The van der Waals surface area contributed by atoms with Gasteiger partial charge in [0.1, 0.15) is 6.10 Å². The number of furan rings is 1. The van der Waals surface area contributed by atoms with Crippen LogP contribution in [-0.2, 0) is 11.2 Å². The van der Waals surface area contributed by atoms with E-state index in [4.69, 9.17) is 14.3 Å². The summed E-state index contributed by atoms with van der Waals surface area (Å²) in [5.74, 6) is -1.71. The van der Waals surface area contributed by atoms with Crippen molar-refractivity contribution in [1.82, 2.24) is 4.90 Å². The minimum Gasteiger partial charge on any atom is -0.475 e. The van der Waals surface area contributed by atoms with Gasteiger partial charge in [-0.3, -0.25) is 4.79 Å². The third-order valence-corrected chi connectivity index (χ3v) is 4.14. The van der Waals surface area contributed by atoms with E-state index in [9.17, 15) is 9.59 Å². The van der Waals surface area contributed by atoms with Crippen molar-refractivity contribution < 1.29 is 23.8 Å². The topological polar surface area (TPSA) is 80.0 Å². The molecular weight excluding hydrogens is 310 g/mol. The first kappa shape index (κ1) is 16.3. The first-order chi connectivity index (χ1) is 11.6. The predicted molar refractivity (Wildman–Crippen MR) is 86.1 cm³/mol. The monoisotopic (exact) mass is 329 g/mol. The molecule has 1 fully saturated rings. The van der Waals surface area contributed by atoms with Crippen molar-refractivity contribution in [1.29, 1.82) is 0 Å². The number of hydrogen-bond acceptors (Lipinski definition) is 4.